The van der Waals surface area contributed by atoms with Gasteiger partial charge >= 0.3 is 0 Å². The molecule has 2 aromatic rings. The van der Waals surface area contributed by atoms with Crippen molar-refractivity contribution in [3.05, 3.63) is 52.8 Å². The van der Waals surface area contributed by atoms with E-state index < -0.39 is 0 Å². The minimum absolute atomic E-state index is 0.0340. The summed E-state index contributed by atoms with van der Waals surface area (Å²) in [5.41, 5.74) is 3.16. The quantitative estimate of drug-likeness (QED) is 0.845. The predicted molar refractivity (Wildman–Crippen MR) is 104 cm³/mol. The molecule has 3 heterocycles. The lowest BCUT2D eigenvalue weighted by molar-refractivity contribution is -0.122. The second kappa shape index (κ2) is 6.80. The van der Waals surface area contributed by atoms with Crippen LogP contribution in [0.4, 0.5) is 11.6 Å². The molecule has 2 aliphatic rings. The molecule has 0 radical (unpaired) electrons. The lowest BCUT2D eigenvalue weighted by atomic mass is 10.1. The highest BCUT2D eigenvalue weighted by atomic mass is 32.2. The van der Waals surface area contributed by atoms with Crippen molar-refractivity contribution in [2.75, 3.05) is 18.0 Å². The summed E-state index contributed by atoms with van der Waals surface area (Å²) in [5.74, 6) is 0.357. The fourth-order valence-corrected chi connectivity index (χ4v) is 4.19. The van der Waals surface area contributed by atoms with Crippen LogP contribution < -0.4 is 4.90 Å². The van der Waals surface area contributed by atoms with Gasteiger partial charge in [0.1, 0.15) is 11.2 Å². The number of aliphatic imine (C=N–C) groups is 1. The van der Waals surface area contributed by atoms with E-state index in [-0.39, 0.29) is 5.91 Å². The third-order valence-corrected chi connectivity index (χ3v) is 5.35. The van der Waals surface area contributed by atoms with E-state index in [1.54, 1.807) is 4.90 Å². The maximum Gasteiger partial charge on any atom is 0.268 e. The zero-order valence-corrected chi connectivity index (χ0v) is 15.3. The highest BCUT2D eigenvalue weighted by molar-refractivity contribution is 8.18. The van der Waals surface area contributed by atoms with Gasteiger partial charge in [0.25, 0.3) is 5.91 Å². The van der Waals surface area contributed by atoms with Gasteiger partial charge in [0.2, 0.25) is 5.95 Å². The van der Waals surface area contributed by atoms with E-state index in [9.17, 15) is 4.79 Å². The van der Waals surface area contributed by atoms with Crippen LogP contribution in [0.3, 0.4) is 0 Å². The molecule has 1 amide bonds. The molecule has 7 nitrogen and oxygen atoms in total. The molecule has 1 aromatic heterocycles. The molecule has 2 aliphatic heterocycles. The standard InChI is InChI=1S/C18H18N6OS/c1-3-23-13-8-6-5-7-12(13)9-10-14(23)15-16(25)24(4-2)18(26-15)21-17-19-11-20-22-17/h5-11H,3-4H2,1-2H3,(H,19,20,22). The van der Waals surface area contributed by atoms with Gasteiger partial charge in [-0.25, -0.2) is 5.10 Å². The predicted octanol–water partition coefficient (Wildman–Crippen LogP) is 3.15. The number of amidine groups is 1. The van der Waals surface area contributed by atoms with Crippen molar-refractivity contribution in [3.63, 3.8) is 0 Å². The Balaban J connectivity index is 1.78. The number of allylic oxidation sites excluding steroid dienone is 1. The summed E-state index contributed by atoms with van der Waals surface area (Å²) in [6.07, 6.45) is 5.47. The first-order valence-corrected chi connectivity index (χ1v) is 9.27. The van der Waals surface area contributed by atoms with Crippen molar-refractivity contribution in [1.82, 2.24) is 20.1 Å². The van der Waals surface area contributed by atoms with Crippen LogP contribution in [-0.2, 0) is 4.79 Å². The molecule has 4 rings (SSSR count). The number of aromatic nitrogens is 3. The number of nitrogens with one attached hydrogen (secondary N) is 1. The van der Waals surface area contributed by atoms with Gasteiger partial charge in [0.15, 0.2) is 5.17 Å². The number of aromatic amines is 1. The maximum absolute atomic E-state index is 13.0. The molecular weight excluding hydrogens is 348 g/mol. The van der Waals surface area contributed by atoms with E-state index in [2.05, 4.69) is 50.2 Å². The third kappa shape index (κ3) is 2.72. The van der Waals surface area contributed by atoms with Crippen LogP contribution in [0, 0.1) is 0 Å². The highest BCUT2D eigenvalue weighted by Gasteiger charge is 2.36. The Hall–Kier alpha value is -2.87. The number of anilines is 1. The Bertz CT molecular complexity index is 931. The first kappa shape index (κ1) is 16.6. The number of thioether (sulfide) groups is 1. The number of hydrogen-bond acceptors (Lipinski definition) is 6. The summed E-state index contributed by atoms with van der Waals surface area (Å²) in [6, 6.07) is 8.19. The molecule has 0 atom stereocenters. The average molecular weight is 366 g/mol. The first-order valence-electron chi connectivity index (χ1n) is 8.45. The highest BCUT2D eigenvalue weighted by Crippen LogP contribution is 2.39. The van der Waals surface area contributed by atoms with Crippen molar-refractivity contribution < 1.29 is 4.79 Å². The normalized spacial score (nSPS) is 21.0. The Morgan fingerprint density at radius 3 is 2.69 bits per heavy atom. The van der Waals surface area contributed by atoms with E-state index in [1.807, 2.05) is 25.1 Å². The van der Waals surface area contributed by atoms with Gasteiger partial charge in [-0.3, -0.25) is 9.69 Å². The molecule has 1 aromatic carbocycles. The molecule has 132 valence electrons. The average Bonchev–Trinajstić information content (AvgIpc) is 3.28. The Labute approximate surface area is 155 Å². The maximum atomic E-state index is 13.0. The Morgan fingerprint density at radius 1 is 1.15 bits per heavy atom. The summed E-state index contributed by atoms with van der Waals surface area (Å²) in [4.78, 5) is 26.0. The van der Waals surface area contributed by atoms with Crippen molar-refractivity contribution in [2.24, 2.45) is 4.99 Å². The van der Waals surface area contributed by atoms with Gasteiger partial charge in [0.05, 0.1) is 5.70 Å². The van der Waals surface area contributed by atoms with Crippen LogP contribution in [0.2, 0.25) is 0 Å². The zero-order valence-electron chi connectivity index (χ0n) is 14.5. The van der Waals surface area contributed by atoms with Gasteiger partial charge in [0, 0.05) is 18.8 Å². The van der Waals surface area contributed by atoms with Crippen LogP contribution in [0.1, 0.15) is 19.4 Å². The minimum atomic E-state index is -0.0340. The van der Waals surface area contributed by atoms with Crippen molar-refractivity contribution in [1.29, 1.82) is 0 Å². The number of fused-ring (bicyclic) bond motifs is 1. The van der Waals surface area contributed by atoms with E-state index in [0.717, 1.165) is 23.5 Å². The van der Waals surface area contributed by atoms with E-state index >= 15 is 0 Å². The smallest absolute Gasteiger partial charge is 0.268 e. The fraction of sp³-hybridized carbons (Fsp3) is 0.222. The molecule has 8 heteroatoms. The first-order chi connectivity index (χ1) is 12.7. The second-order valence-electron chi connectivity index (χ2n) is 5.71. The lowest BCUT2D eigenvalue weighted by Gasteiger charge is -2.30. The van der Waals surface area contributed by atoms with Crippen LogP contribution in [0.25, 0.3) is 6.08 Å². The number of benzene rings is 1. The second-order valence-corrected chi connectivity index (χ2v) is 6.68. The summed E-state index contributed by atoms with van der Waals surface area (Å²) in [6.45, 7) is 5.34. The Kier molecular flexibility index (Phi) is 4.34. The van der Waals surface area contributed by atoms with E-state index in [4.69, 9.17) is 0 Å². The van der Waals surface area contributed by atoms with Gasteiger partial charge in [-0.15, -0.1) is 0 Å². The summed E-state index contributed by atoms with van der Waals surface area (Å²) >= 11 is 1.38. The Morgan fingerprint density at radius 2 is 1.96 bits per heavy atom. The molecule has 1 N–H and O–H groups in total. The van der Waals surface area contributed by atoms with E-state index in [0.29, 0.717) is 22.6 Å². The number of rotatable bonds is 3. The topological polar surface area (TPSA) is 77.5 Å². The minimum Gasteiger partial charge on any atom is -0.340 e. The number of H-pyrrole nitrogens is 1. The number of carbonyl (C=O) groups is 1. The zero-order chi connectivity index (χ0) is 18.1. The molecule has 0 aliphatic carbocycles. The third-order valence-electron chi connectivity index (χ3n) is 4.27. The van der Waals surface area contributed by atoms with Gasteiger partial charge < -0.3 is 4.90 Å². The fourth-order valence-electron chi connectivity index (χ4n) is 3.07. The van der Waals surface area contributed by atoms with Crippen LogP contribution in [-0.4, -0.2) is 44.2 Å². The molecule has 0 unspecified atom stereocenters. The largest absolute Gasteiger partial charge is 0.340 e. The number of carbonyl (C=O) groups excluding carboxylic acids is 1. The van der Waals surface area contributed by atoms with Gasteiger partial charge in [-0.2, -0.15) is 15.1 Å². The number of likely N-dealkylation sites (N-methyl/N-ethyl adjacent to an activating group) is 2. The molecular formula is C18H18N6OS. The number of hydrogen-bond donors (Lipinski definition) is 1. The molecule has 0 bridgehead atoms. The number of amides is 1. The van der Waals surface area contributed by atoms with Crippen LogP contribution >= 0.6 is 11.8 Å². The van der Waals surface area contributed by atoms with Gasteiger partial charge in [-0.05, 0) is 43.3 Å². The SMILES string of the molecule is CCN1C(=O)C(=C2C=Cc3ccccc3N2CC)SC1=Nc1ncn[nH]1. The molecule has 0 saturated carbocycles. The molecule has 0 spiro atoms. The summed E-state index contributed by atoms with van der Waals surface area (Å²) in [7, 11) is 0. The molecule has 26 heavy (non-hydrogen) atoms. The number of para-hydroxylation sites is 1. The number of nitrogens with zero attached hydrogens (tertiary/aromatic N) is 5. The van der Waals surface area contributed by atoms with Crippen molar-refractivity contribution in [3.8, 4) is 0 Å². The monoisotopic (exact) mass is 366 g/mol. The molecule has 1 fully saturated rings. The van der Waals surface area contributed by atoms with Gasteiger partial charge in [-0.1, -0.05) is 24.3 Å². The lowest BCUT2D eigenvalue weighted by Crippen LogP contribution is -2.30. The van der Waals surface area contributed by atoms with E-state index in [1.165, 1.54) is 18.1 Å². The molecule has 1 saturated heterocycles. The summed E-state index contributed by atoms with van der Waals surface area (Å²) < 4.78 is 0. The van der Waals surface area contributed by atoms with Crippen LogP contribution in [0.15, 0.2) is 52.3 Å². The van der Waals surface area contributed by atoms with Crippen LogP contribution in [0.5, 0.6) is 0 Å². The summed E-state index contributed by atoms with van der Waals surface area (Å²) in [5, 5.41) is 7.13. The van der Waals surface area contributed by atoms with Crippen molar-refractivity contribution >= 4 is 40.5 Å². The van der Waals surface area contributed by atoms with Crippen molar-refractivity contribution in [2.45, 2.75) is 13.8 Å².